The van der Waals surface area contributed by atoms with Crippen LogP contribution in [0.1, 0.15) is 19.8 Å². The molecule has 0 aromatic rings. The second kappa shape index (κ2) is 10.4. The van der Waals surface area contributed by atoms with Crippen LogP contribution in [0, 0.1) is 0 Å². The van der Waals surface area contributed by atoms with Crippen LogP contribution in [0.2, 0.25) is 0 Å². The number of aliphatic carboxylic acids is 2. The van der Waals surface area contributed by atoms with Crippen molar-refractivity contribution in [3.05, 3.63) is 24.8 Å². The third-order valence-corrected chi connectivity index (χ3v) is 0.935. The molecule has 0 unspecified atom stereocenters. The Morgan fingerprint density at radius 3 is 2.08 bits per heavy atom. The van der Waals surface area contributed by atoms with Gasteiger partial charge in [-0.05, 0) is 13.3 Å². The van der Waals surface area contributed by atoms with Gasteiger partial charge in [-0.1, -0.05) is 18.7 Å². The molecule has 0 atom stereocenters. The number of rotatable bonds is 4. The summed E-state index contributed by atoms with van der Waals surface area (Å²) in [5.41, 5.74) is 0. The number of carboxylic acid groups (broad SMARTS) is 2. The van der Waals surface area contributed by atoms with Crippen LogP contribution >= 0.6 is 0 Å². The highest BCUT2D eigenvalue weighted by Gasteiger charge is 1.89. The molecule has 74 valence electrons. The Morgan fingerprint density at radius 2 is 1.85 bits per heavy atom. The lowest BCUT2D eigenvalue weighted by molar-refractivity contribution is -0.137. The van der Waals surface area contributed by atoms with Crippen LogP contribution in [0.3, 0.4) is 0 Å². The van der Waals surface area contributed by atoms with Crippen molar-refractivity contribution in [2.75, 3.05) is 0 Å². The first-order valence-electron chi connectivity index (χ1n) is 3.72. The zero-order valence-electron chi connectivity index (χ0n) is 7.56. The maximum atomic E-state index is 9.84. The van der Waals surface area contributed by atoms with E-state index in [1.165, 1.54) is 0 Å². The second-order valence-corrected chi connectivity index (χ2v) is 2.04. The van der Waals surface area contributed by atoms with E-state index in [2.05, 4.69) is 6.58 Å². The van der Waals surface area contributed by atoms with Gasteiger partial charge in [0.25, 0.3) is 0 Å². The van der Waals surface area contributed by atoms with E-state index in [4.69, 9.17) is 10.2 Å². The van der Waals surface area contributed by atoms with Crippen molar-refractivity contribution in [2.24, 2.45) is 0 Å². The fourth-order valence-electron chi connectivity index (χ4n) is 0.373. The predicted octanol–water partition coefficient (Wildman–Crippen LogP) is 1.68. The summed E-state index contributed by atoms with van der Waals surface area (Å²) in [7, 11) is 0. The van der Waals surface area contributed by atoms with Crippen molar-refractivity contribution in [2.45, 2.75) is 19.8 Å². The Labute approximate surface area is 77.2 Å². The maximum absolute atomic E-state index is 9.84. The first-order valence-corrected chi connectivity index (χ1v) is 3.72. The van der Waals surface area contributed by atoms with Gasteiger partial charge in [0.2, 0.25) is 0 Å². The van der Waals surface area contributed by atoms with Crippen LogP contribution in [-0.2, 0) is 9.59 Å². The van der Waals surface area contributed by atoms with E-state index in [1.807, 2.05) is 19.1 Å². The van der Waals surface area contributed by atoms with Gasteiger partial charge in [-0.15, -0.1) is 0 Å². The number of carbonyl (C=O) groups is 2. The summed E-state index contributed by atoms with van der Waals surface area (Å²) in [5.74, 6) is -1.71. The summed E-state index contributed by atoms with van der Waals surface area (Å²) in [4.78, 5) is 19.1. The fourth-order valence-corrected chi connectivity index (χ4v) is 0.373. The highest BCUT2D eigenvalue weighted by Crippen LogP contribution is 1.88. The summed E-state index contributed by atoms with van der Waals surface area (Å²) in [6, 6.07) is 0. The first kappa shape index (κ1) is 14.0. The van der Waals surface area contributed by atoms with E-state index < -0.39 is 11.9 Å². The molecule has 0 amide bonds. The van der Waals surface area contributed by atoms with Gasteiger partial charge in [0.05, 0.1) is 0 Å². The molecule has 0 rings (SSSR count). The Kier molecular flexibility index (Phi) is 11.2. The van der Waals surface area contributed by atoms with E-state index >= 15 is 0 Å². The second-order valence-electron chi connectivity index (χ2n) is 2.04. The molecule has 0 bridgehead atoms. The quantitative estimate of drug-likeness (QED) is 0.517. The molecule has 0 spiro atoms. The van der Waals surface area contributed by atoms with Gasteiger partial charge in [0.1, 0.15) is 0 Å². The Hall–Kier alpha value is -1.58. The van der Waals surface area contributed by atoms with Gasteiger partial charge in [0.15, 0.2) is 0 Å². The summed E-state index contributed by atoms with van der Waals surface area (Å²) in [6.07, 6.45) is 5.41. The minimum Gasteiger partial charge on any atom is -0.481 e. The van der Waals surface area contributed by atoms with Crippen molar-refractivity contribution >= 4 is 11.9 Å². The van der Waals surface area contributed by atoms with Crippen LogP contribution in [0.25, 0.3) is 0 Å². The molecule has 0 aliphatic rings. The molecule has 13 heavy (non-hydrogen) atoms. The normalized spacial score (nSPS) is 8.69. The van der Waals surface area contributed by atoms with E-state index in [1.54, 1.807) is 0 Å². The third-order valence-electron chi connectivity index (χ3n) is 0.935. The lowest BCUT2D eigenvalue weighted by Crippen LogP contribution is -1.91. The van der Waals surface area contributed by atoms with Crippen molar-refractivity contribution in [3.8, 4) is 0 Å². The highest BCUT2D eigenvalue weighted by molar-refractivity contribution is 5.78. The molecule has 0 heterocycles. The van der Waals surface area contributed by atoms with Gasteiger partial charge < -0.3 is 10.2 Å². The monoisotopic (exact) mass is 186 g/mol. The van der Waals surface area contributed by atoms with Gasteiger partial charge >= 0.3 is 11.9 Å². The summed E-state index contributed by atoms with van der Waals surface area (Å²) >= 11 is 0. The van der Waals surface area contributed by atoms with Crippen molar-refractivity contribution in [1.29, 1.82) is 0 Å². The fraction of sp³-hybridized carbons (Fsp3) is 0.333. The third kappa shape index (κ3) is 25.1. The largest absolute Gasteiger partial charge is 0.481 e. The molecule has 0 saturated carbocycles. The Balaban J connectivity index is 0. The smallest absolute Gasteiger partial charge is 0.327 e. The standard InChI is InChI=1S/C6H10O2.C3H4O2/c1-2-3-4-5-6(7)8;1-2-3(4)5/h2-3H,4-5H2,1H3,(H,7,8);2H,1H2,(H,4,5). The topological polar surface area (TPSA) is 74.6 Å². The summed E-state index contributed by atoms with van der Waals surface area (Å²) in [5, 5.41) is 15.7. The van der Waals surface area contributed by atoms with Crippen LogP contribution in [0.15, 0.2) is 24.8 Å². The lowest BCUT2D eigenvalue weighted by Gasteiger charge is -1.83. The maximum Gasteiger partial charge on any atom is 0.327 e. The number of hydrogen-bond acceptors (Lipinski definition) is 2. The molecule has 2 N–H and O–H groups in total. The molecule has 0 aromatic heterocycles. The molecular formula is C9H14O4. The van der Waals surface area contributed by atoms with Gasteiger partial charge in [-0.3, -0.25) is 4.79 Å². The van der Waals surface area contributed by atoms with E-state index in [-0.39, 0.29) is 6.42 Å². The molecule has 0 radical (unpaired) electrons. The molecule has 4 nitrogen and oxygen atoms in total. The lowest BCUT2D eigenvalue weighted by atomic mass is 10.3. The highest BCUT2D eigenvalue weighted by atomic mass is 16.4. The average molecular weight is 186 g/mol. The molecule has 0 fully saturated rings. The predicted molar refractivity (Wildman–Crippen MR) is 49.5 cm³/mol. The molecular weight excluding hydrogens is 172 g/mol. The minimum absolute atomic E-state index is 0.240. The summed E-state index contributed by atoms with van der Waals surface area (Å²) < 4.78 is 0. The Bertz CT molecular complexity index is 194. The summed E-state index contributed by atoms with van der Waals surface area (Å²) in [6.45, 7) is 4.84. The molecule has 4 heteroatoms. The van der Waals surface area contributed by atoms with E-state index in [0.29, 0.717) is 6.42 Å². The molecule has 0 aromatic carbocycles. The van der Waals surface area contributed by atoms with Crippen LogP contribution in [0.4, 0.5) is 0 Å². The number of allylic oxidation sites excluding steroid dienone is 2. The zero-order chi connectivity index (χ0) is 10.7. The van der Waals surface area contributed by atoms with Gasteiger partial charge in [-0.25, -0.2) is 4.79 Å². The minimum atomic E-state index is -0.981. The van der Waals surface area contributed by atoms with Gasteiger partial charge in [0, 0.05) is 12.5 Å². The van der Waals surface area contributed by atoms with E-state index in [9.17, 15) is 9.59 Å². The number of hydrogen-bond donors (Lipinski definition) is 2. The van der Waals surface area contributed by atoms with Crippen LogP contribution < -0.4 is 0 Å². The SMILES string of the molecule is C=CC(=O)O.CC=CCCC(=O)O. The van der Waals surface area contributed by atoms with Gasteiger partial charge in [-0.2, -0.15) is 0 Å². The first-order chi connectivity index (χ1) is 6.04. The van der Waals surface area contributed by atoms with Crippen molar-refractivity contribution < 1.29 is 19.8 Å². The van der Waals surface area contributed by atoms with Crippen molar-refractivity contribution in [1.82, 2.24) is 0 Å². The van der Waals surface area contributed by atoms with Crippen LogP contribution in [-0.4, -0.2) is 22.2 Å². The average Bonchev–Trinajstić information content (AvgIpc) is 2.05. The zero-order valence-corrected chi connectivity index (χ0v) is 7.56. The van der Waals surface area contributed by atoms with Crippen molar-refractivity contribution in [3.63, 3.8) is 0 Å². The van der Waals surface area contributed by atoms with E-state index in [0.717, 1.165) is 6.08 Å². The molecule has 0 saturated heterocycles. The Morgan fingerprint density at radius 1 is 1.38 bits per heavy atom. The molecule has 0 aliphatic heterocycles. The van der Waals surface area contributed by atoms with Crippen LogP contribution in [0.5, 0.6) is 0 Å². The number of carboxylic acids is 2. The molecule has 0 aliphatic carbocycles.